The summed E-state index contributed by atoms with van der Waals surface area (Å²) in [5, 5.41) is 6.46. The van der Waals surface area contributed by atoms with Gasteiger partial charge in [0, 0.05) is 45.6 Å². The average molecular weight is 372 g/mol. The smallest absolute Gasteiger partial charge is 0.242 e. The van der Waals surface area contributed by atoms with Gasteiger partial charge in [-0.05, 0) is 31.2 Å². The molecule has 0 radical (unpaired) electrons. The summed E-state index contributed by atoms with van der Waals surface area (Å²) in [6, 6.07) is 1.87. The molecule has 7 nitrogen and oxygen atoms in total. The molecule has 1 heterocycles. The molecule has 0 amide bonds. The Kier molecular flexibility index (Phi) is 7.95. The Labute approximate surface area is 152 Å². The van der Waals surface area contributed by atoms with Crippen LogP contribution in [0.2, 0.25) is 0 Å². The molecule has 0 aliphatic carbocycles. The maximum absolute atomic E-state index is 12.1. The van der Waals surface area contributed by atoms with E-state index in [1.807, 2.05) is 0 Å². The Hall–Kier alpha value is -1.54. The van der Waals surface area contributed by atoms with E-state index in [9.17, 15) is 8.42 Å². The maximum atomic E-state index is 12.1. The van der Waals surface area contributed by atoms with E-state index in [0.717, 1.165) is 12.8 Å². The molecule has 1 aromatic heterocycles. The third-order valence-corrected chi connectivity index (χ3v) is 5.20. The molecule has 0 spiro atoms. The fourth-order valence-electron chi connectivity index (χ4n) is 2.24. The van der Waals surface area contributed by atoms with E-state index in [-0.39, 0.29) is 11.4 Å². The van der Waals surface area contributed by atoms with E-state index in [4.69, 9.17) is 0 Å². The lowest BCUT2D eigenvalue weighted by molar-refractivity contribution is 0.346. The Morgan fingerprint density at radius 1 is 1.32 bits per heavy atom. The van der Waals surface area contributed by atoms with Crippen LogP contribution in [0.15, 0.2) is 28.3 Å². The third kappa shape index (κ3) is 8.40. The fourth-order valence-corrected chi connectivity index (χ4v) is 3.32. The molecule has 0 bridgehead atoms. The highest BCUT2D eigenvalue weighted by atomic mass is 32.2. The number of aliphatic imine (C=N–C) groups is 1. The topological polar surface area (TPSA) is 87.5 Å². The molecule has 1 unspecified atom stereocenters. The monoisotopic (exact) mass is 371 g/mol. The second-order valence-corrected chi connectivity index (χ2v) is 9.32. The SMILES string of the molecule is CN=C(NCCNS(=O)(=O)c1ccn(C)c1)NC(C)CCC(C)(C)C. The molecule has 0 fully saturated rings. The van der Waals surface area contributed by atoms with Crippen LogP contribution < -0.4 is 15.4 Å². The molecule has 0 aliphatic rings. The quantitative estimate of drug-likeness (QED) is 0.369. The number of nitrogens with zero attached hydrogens (tertiary/aromatic N) is 2. The fraction of sp³-hybridized carbons (Fsp3) is 0.706. The normalized spacial score (nSPS) is 14.4. The number of hydrogen-bond acceptors (Lipinski definition) is 3. The summed E-state index contributed by atoms with van der Waals surface area (Å²) in [4.78, 5) is 4.45. The molecule has 0 saturated carbocycles. The maximum Gasteiger partial charge on any atom is 0.242 e. The highest BCUT2D eigenvalue weighted by molar-refractivity contribution is 7.89. The minimum Gasteiger partial charge on any atom is -0.356 e. The minimum atomic E-state index is -3.46. The van der Waals surface area contributed by atoms with Crippen LogP contribution in [0.5, 0.6) is 0 Å². The van der Waals surface area contributed by atoms with Gasteiger partial charge >= 0.3 is 0 Å². The number of guanidine groups is 1. The van der Waals surface area contributed by atoms with Crippen molar-refractivity contribution in [3.05, 3.63) is 18.5 Å². The van der Waals surface area contributed by atoms with Gasteiger partial charge in [-0.25, -0.2) is 13.1 Å². The Bertz CT molecular complexity index is 659. The van der Waals surface area contributed by atoms with E-state index >= 15 is 0 Å². The molecule has 1 aromatic rings. The molecular formula is C17H33N5O2S. The van der Waals surface area contributed by atoms with Crippen molar-refractivity contribution in [3.63, 3.8) is 0 Å². The van der Waals surface area contributed by atoms with Crippen molar-refractivity contribution in [2.75, 3.05) is 20.1 Å². The summed E-state index contributed by atoms with van der Waals surface area (Å²) < 4.78 is 28.5. The summed E-state index contributed by atoms with van der Waals surface area (Å²) in [5.41, 5.74) is 0.308. The lowest BCUT2D eigenvalue weighted by atomic mass is 9.89. The van der Waals surface area contributed by atoms with Crippen LogP contribution in [-0.2, 0) is 17.1 Å². The molecule has 1 rings (SSSR count). The number of rotatable bonds is 8. The number of nitrogens with one attached hydrogen (secondary N) is 3. The van der Waals surface area contributed by atoms with E-state index in [1.54, 1.807) is 37.1 Å². The number of sulfonamides is 1. The molecule has 0 aliphatic heterocycles. The molecular weight excluding hydrogens is 338 g/mol. The van der Waals surface area contributed by atoms with Gasteiger partial charge in [-0.15, -0.1) is 0 Å². The van der Waals surface area contributed by atoms with Gasteiger partial charge in [-0.1, -0.05) is 20.8 Å². The molecule has 3 N–H and O–H groups in total. The van der Waals surface area contributed by atoms with Crippen LogP contribution >= 0.6 is 0 Å². The second kappa shape index (κ2) is 9.24. The summed E-state index contributed by atoms with van der Waals surface area (Å²) in [6.07, 6.45) is 5.45. The van der Waals surface area contributed by atoms with Crippen molar-refractivity contribution in [1.82, 2.24) is 19.9 Å². The average Bonchev–Trinajstić information content (AvgIpc) is 2.95. The third-order valence-electron chi connectivity index (χ3n) is 3.76. The minimum absolute atomic E-state index is 0.272. The molecule has 25 heavy (non-hydrogen) atoms. The highest BCUT2D eigenvalue weighted by Crippen LogP contribution is 2.21. The van der Waals surface area contributed by atoms with Crippen LogP contribution in [0.4, 0.5) is 0 Å². The summed E-state index contributed by atoms with van der Waals surface area (Å²) in [6.45, 7) is 9.55. The van der Waals surface area contributed by atoms with Crippen LogP contribution in [-0.4, -0.2) is 45.1 Å². The first-order valence-electron chi connectivity index (χ1n) is 8.62. The van der Waals surface area contributed by atoms with Crippen molar-refractivity contribution < 1.29 is 8.42 Å². The Balaban J connectivity index is 2.36. The summed E-state index contributed by atoms with van der Waals surface area (Å²) in [7, 11) is 0.0338. The molecule has 8 heteroatoms. The summed E-state index contributed by atoms with van der Waals surface area (Å²) in [5.74, 6) is 0.681. The van der Waals surface area contributed by atoms with Crippen molar-refractivity contribution in [2.24, 2.45) is 17.5 Å². The van der Waals surface area contributed by atoms with Crippen LogP contribution in [0.3, 0.4) is 0 Å². The van der Waals surface area contributed by atoms with Crippen molar-refractivity contribution >= 4 is 16.0 Å². The first kappa shape index (κ1) is 21.5. The predicted molar refractivity (Wildman–Crippen MR) is 103 cm³/mol. The van der Waals surface area contributed by atoms with E-state index in [0.29, 0.717) is 24.0 Å². The zero-order valence-corrected chi connectivity index (χ0v) is 17.1. The molecule has 1 atom stereocenters. The van der Waals surface area contributed by atoms with E-state index in [1.165, 1.54) is 0 Å². The summed E-state index contributed by atoms with van der Waals surface area (Å²) >= 11 is 0. The predicted octanol–water partition coefficient (Wildman–Crippen LogP) is 1.68. The lowest BCUT2D eigenvalue weighted by Crippen LogP contribution is -2.45. The van der Waals surface area contributed by atoms with Gasteiger partial charge in [-0.3, -0.25) is 4.99 Å². The van der Waals surface area contributed by atoms with Crippen molar-refractivity contribution in [3.8, 4) is 0 Å². The standard InChI is InChI=1S/C17H33N5O2S/c1-14(7-9-17(2,3)4)21-16(18-5)19-10-11-20-25(23,24)15-8-12-22(6)13-15/h8,12-14,20H,7,9-11H2,1-6H3,(H2,18,19,21). The van der Waals surface area contributed by atoms with Gasteiger partial charge < -0.3 is 15.2 Å². The van der Waals surface area contributed by atoms with E-state index in [2.05, 4.69) is 48.0 Å². The number of aromatic nitrogens is 1. The van der Waals surface area contributed by atoms with Crippen molar-refractivity contribution in [2.45, 2.75) is 51.5 Å². The lowest BCUT2D eigenvalue weighted by Gasteiger charge is -2.23. The van der Waals surface area contributed by atoms with Gasteiger partial charge in [0.15, 0.2) is 5.96 Å². The first-order valence-corrected chi connectivity index (χ1v) is 10.1. The molecule has 0 aromatic carbocycles. The number of hydrogen-bond donors (Lipinski definition) is 3. The molecule has 144 valence electrons. The zero-order valence-electron chi connectivity index (χ0n) is 16.3. The van der Waals surface area contributed by atoms with Gasteiger partial charge in [0.2, 0.25) is 10.0 Å². The first-order chi connectivity index (χ1) is 11.5. The van der Waals surface area contributed by atoms with Gasteiger partial charge in [-0.2, -0.15) is 0 Å². The van der Waals surface area contributed by atoms with E-state index < -0.39 is 10.0 Å². The Morgan fingerprint density at radius 2 is 2.00 bits per heavy atom. The largest absolute Gasteiger partial charge is 0.356 e. The van der Waals surface area contributed by atoms with Gasteiger partial charge in [0.25, 0.3) is 0 Å². The van der Waals surface area contributed by atoms with Crippen molar-refractivity contribution in [1.29, 1.82) is 0 Å². The number of aryl methyl sites for hydroxylation is 1. The van der Waals surface area contributed by atoms with Gasteiger partial charge in [0.1, 0.15) is 0 Å². The van der Waals surface area contributed by atoms with Crippen LogP contribution in [0.1, 0.15) is 40.5 Å². The van der Waals surface area contributed by atoms with Crippen LogP contribution in [0.25, 0.3) is 0 Å². The van der Waals surface area contributed by atoms with Gasteiger partial charge in [0.05, 0.1) is 4.90 Å². The Morgan fingerprint density at radius 3 is 2.52 bits per heavy atom. The van der Waals surface area contributed by atoms with Crippen LogP contribution in [0, 0.1) is 5.41 Å². The molecule has 0 saturated heterocycles. The second-order valence-electron chi connectivity index (χ2n) is 7.55. The zero-order chi connectivity index (χ0) is 19.1. The highest BCUT2D eigenvalue weighted by Gasteiger charge is 2.15.